The van der Waals surface area contributed by atoms with Gasteiger partial charge in [0.05, 0.1) is 6.54 Å². The van der Waals surface area contributed by atoms with Gasteiger partial charge in [0, 0.05) is 18.8 Å². The second-order valence-electron chi connectivity index (χ2n) is 5.54. The number of rotatable bonds is 4. The number of carbonyl (C=O) groups is 1. The Kier molecular flexibility index (Phi) is 4.70. The maximum Gasteiger partial charge on any atom is 0.278 e. The van der Waals surface area contributed by atoms with Crippen molar-refractivity contribution in [2.24, 2.45) is 0 Å². The van der Waals surface area contributed by atoms with Gasteiger partial charge in [-0.3, -0.25) is 9.59 Å². The second-order valence-corrected chi connectivity index (χ2v) is 5.54. The molecular weight excluding hydrogens is 321 g/mol. The SMILES string of the molecule is CN(C(=O)c1ccc(=O)n(Cc2cccc(F)c2)n1)c1ccccc1. The molecular formula is C19H16FN3O2. The van der Waals surface area contributed by atoms with Gasteiger partial charge < -0.3 is 4.90 Å². The molecule has 1 amide bonds. The number of aromatic nitrogens is 2. The van der Waals surface area contributed by atoms with E-state index in [1.165, 1.54) is 29.2 Å². The van der Waals surface area contributed by atoms with Crippen LogP contribution in [0, 0.1) is 5.82 Å². The van der Waals surface area contributed by atoms with Gasteiger partial charge in [0.1, 0.15) is 11.5 Å². The van der Waals surface area contributed by atoms with E-state index in [0.717, 1.165) is 10.4 Å². The summed E-state index contributed by atoms with van der Waals surface area (Å²) in [6.45, 7) is 0.0900. The fraction of sp³-hybridized carbons (Fsp3) is 0.105. The second kappa shape index (κ2) is 7.09. The summed E-state index contributed by atoms with van der Waals surface area (Å²) in [6, 6.07) is 17.7. The third-order valence-corrected chi connectivity index (χ3v) is 3.76. The lowest BCUT2D eigenvalue weighted by Crippen LogP contribution is -2.31. The zero-order valence-corrected chi connectivity index (χ0v) is 13.6. The van der Waals surface area contributed by atoms with E-state index >= 15 is 0 Å². The van der Waals surface area contributed by atoms with Crippen molar-refractivity contribution in [1.82, 2.24) is 9.78 Å². The van der Waals surface area contributed by atoms with Crippen molar-refractivity contribution < 1.29 is 9.18 Å². The highest BCUT2D eigenvalue weighted by molar-refractivity contribution is 6.04. The first-order valence-electron chi connectivity index (χ1n) is 7.70. The van der Waals surface area contributed by atoms with Gasteiger partial charge in [-0.25, -0.2) is 9.07 Å². The number of nitrogens with zero attached hydrogens (tertiary/aromatic N) is 3. The summed E-state index contributed by atoms with van der Waals surface area (Å²) in [6.07, 6.45) is 0. The molecule has 0 unspecified atom stereocenters. The zero-order valence-electron chi connectivity index (χ0n) is 13.6. The largest absolute Gasteiger partial charge is 0.310 e. The summed E-state index contributed by atoms with van der Waals surface area (Å²) in [7, 11) is 1.64. The molecule has 0 N–H and O–H groups in total. The van der Waals surface area contributed by atoms with E-state index in [-0.39, 0.29) is 29.5 Å². The highest BCUT2D eigenvalue weighted by atomic mass is 19.1. The van der Waals surface area contributed by atoms with Crippen LogP contribution in [-0.2, 0) is 6.54 Å². The van der Waals surface area contributed by atoms with Gasteiger partial charge in [0.15, 0.2) is 0 Å². The van der Waals surface area contributed by atoms with Crippen LogP contribution in [0.4, 0.5) is 10.1 Å². The van der Waals surface area contributed by atoms with E-state index in [4.69, 9.17) is 0 Å². The molecule has 3 rings (SSSR count). The van der Waals surface area contributed by atoms with Crippen LogP contribution in [0.2, 0.25) is 0 Å². The van der Waals surface area contributed by atoms with E-state index < -0.39 is 0 Å². The van der Waals surface area contributed by atoms with Crippen LogP contribution in [0.3, 0.4) is 0 Å². The van der Waals surface area contributed by atoms with Gasteiger partial charge in [0.25, 0.3) is 11.5 Å². The molecule has 0 spiro atoms. The Balaban J connectivity index is 1.88. The predicted octanol–water partition coefficient (Wildman–Crippen LogP) is 2.71. The highest BCUT2D eigenvalue weighted by Crippen LogP contribution is 2.13. The van der Waals surface area contributed by atoms with Crippen LogP contribution >= 0.6 is 0 Å². The van der Waals surface area contributed by atoms with Crippen LogP contribution in [0.15, 0.2) is 71.5 Å². The van der Waals surface area contributed by atoms with Crippen LogP contribution in [0.5, 0.6) is 0 Å². The number of carbonyl (C=O) groups excluding carboxylic acids is 1. The van der Waals surface area contributed by atoms with Crippen LogP contribution in [0.25, 0.3) is 0 Å². The van der Waals surface area contributed by atoms with Gasteiger partial charge in [-0.1, -0.05) is 30.3 Å². The summed E-state index contributed by atoms with van der Waals surface area (Å²) in [5.74, 6) is -0.721. The zero-order chi connectivity index (χ0) is 17.8. The van der Waals surface area contributed by atoms with Gasteiger partial charge >= 0.3 is 0 Å². The van der Waals surface area contributed by atoms with E-state index in [0.29, 0.717) is 5.56 Å². The molecule has 0 aliphatic carbocycles. The van der Waals surface area contributed by atoms with Gasteiger partial charge in [-0.2, -0.15) is 5.10 Å². The van der Waals surface area contributed by atoms with Crippen molar-refractivity contribution in [3.8, 4) is 0 Å². The minimum Gasteiger partial charge on any atom is -0.310 e. The molecule has 126 valence electrons. The topological polar surface area (TPSA) is 55.2 Å². The smallest absolute Gasteiger partial charge is 0.278 e. The Hall–Kier alpha value is -3.28. The minimum atomic E-state index is -0.387. The molecule has 0 saturated carbocycles. The third-order valence-electron chi connectivity index (χ3n) is 3.76. The van der Waals surface area contributed by atoms with Crippen molar-refractivity contribution in [2.45, 2.75) is 6.54 Å². The van der Waals surface area contributed by atoms with E-state index in [1.807, 2.05) is 18.2 Å². The molecule has 3 aromatic rings. The number of halogens is 1. The molecule has 0 saturated heterocycles. The highest BCUT2D eigenvalue weighted by Gasteiger charge is 2.16. The first kappa shape index (κ1) is 16.6. The quantitative estimate of drug-likeness (QED) is 0.735. The first-order valence-corrected chi connectivity index (χ1v) is 7.70. The average Bonchev–Trinajstić information content (AvgIpc) is 2.63. The normalized spacial score (nSPS) is 10.5. The average molecular weight is 337 g/mol. The molecule has 0 radical (unpaired) electrons. The van der Waals surface area contributed by atoms with E-state index in [1.54, 1.807) is 31.3 Å². The summed E-state index contributed by atoms with van der Waals surface area (Å²) >= 11 is 0. The Morgan fingerprint density at radius 3 is 2.56 bits per heavy atom. The van der Waals surface area contributed by atoms with Gasteiger partial charge in [-0.05, 0) is 35.9 Å². The van der Waals surface area contributed by atoms with Crippen LogP contribution in [-0.4, -0.2) is 22.7 Å². The van der Waals surface area contributed by atoms with E-state index in [9.17, 15) is 14.0 Å². The third kappa shape index (κ3) is 3.80. The van der Waals surface area contributed by atoms with Gasteiger partial charge in [0.2, 0.25) is 0 Å². The number of hydrogen-bond donors (Lipinski definition) is 0. The van der Waals surface area contributed by atoms with Gasteiger partial charge in [-0.15, -0.1) is 0 Å². The molecule has 1 heterocycles. The number of hydrogen-bond acceptors (Lipinski definition) is 3. The van der Waals surface area contributed by atoms with Crippen molar-refractivity contribution in [1.29, 1.82) is 0 Å². The Labute approximate surface area is 144 Å². The Bertz CT molecular complexity index is 954. The molecule has 1 aromatic heterocycles. The van der Waals surface area contributed by atoms with Crippen molar-refractivity contribution in [2.75, 3.05) is 11.9 Å². The molecule has 0 aliphatic heterocycles. The summed E-state index contributed by atoms with van der Waals surface area (Å²) in [5.41, 5.74) is 1.10. The summed E-state index contributed by atoms with van der Waals surface area (Å²) in [4.78, 5) is 26.1. The lowest BCUT2D eigenvalue weighted by atomic mass is 10.2. The molecule has 0 fully saturated rings. The Morgan fingerprint density at radius 2 is 1.84 bits per heavy atom. The summed E-state index contributed by atoms with van der Waals surface area (Å²) < 4.78 is 14.5. The lowest BCUT2D eigenvalue weighted by molar-refractivity contribution is 0.0986. The number of anilines is 1. The predicted molar refractivity (Wildman–Crippen MR) is 93.2 cm³/mol. The fourth-order valence-corrected chi connectivity index (χ4v) is 2.43. The number of amides is 1. The van der Waals surface area contributed by atoms with Crippen molar-refractivity contribution >= 4 is 11.6 Å². The molecule has 5 nitrogen and oxygen atoms in total. The number of para-hydroxylation sites is 1. The molecule has 25 heavy (non-hydrogen) atoms. The maximum absolute atomic E-state index is 13.3. The Morgan fingerprint density at radius 1 is 1.08 bits per heavy atom. The maximum atomic E-state index is 13.3. The molecule has 0 aliphatic rings. The van der Waals surface area contributed by atoms with Crippen LogP contribution < -0.4 is 10.5 Å². The first-order chi connectivity index (χ1) is 12.0. The molecule has 2 aromatic carbocycles. The standard InChI is InChI=1S/C19H16FN3O2/c1-22(16-8-3-2-4-9-16)19(25)17-10-11-18(24)23(21-17)13-14-6-5-7-15(20)12-14/h2-12H,13H2,1H3. The summed E-state index contributed by atoms with van der Waals surface area (Å²) in [5, 5.41) is 4.13. The molecule has 0 atom stereocenters. The lowest BCUT2D eigenvalue weighted by Gasteiger charge is -2.17. The fourth-order valence-electron chi connectivity index (χ4n) is 2.43. The number of benzene rings is 2. The minimum absolute atomic E-state index is 0.0900. The van der Waals surface area contributed by atoms with Crippen molar-refractivity contribution in [3.05, 3.63) is 94.2 Å². The molecule has 0 bridgehead atoms. The monoisotopic (exact) mass is 337 g/mol. The van der Waals surface area contributed by atoms with Crippen LogP contribution in [0.1, 0.15) is 16.1 Å². The van der Waals surface area contributed by atoms with E-state index in [2.05, 4.69) is 5.10 Å². The molecule has 6 heteroatoms. The van der Waals surface area contributed by atoms with Crippen molar-refractivity contribution in [3.63, 3.8) is 0 Å².